The summed E-state index contributed by atoms with van der Waals surface area (Å²) >= 11 is 0. The van der Waals surface area contributed by atoms with E-state index in [0.29, 0.717) is 17.4 Å². The minimum atomic E-state index is -4.34. The first-order valence-electron chi connectivity index (χ1n) is 14.8. The van der Waals surface area contributed by atoms with Crippen LogP contribution < -0.4 is 0 Å². The summed E-state index contributed by atoms with van der Waals surface area (Å²) in [5.41, 5.74) is 0. The van der Waals surface area contributed by atoms with Gasteiger partial charge in [-0.05, 0) is 12.8 Å². The minimum Gasteiger partial charge on any atom is -0.462 e. The first-order chi connectivity index (χ1) is 18.0. The maximum absolute atomic E-state index is 12.4. The first-order valence-corrected chi connectivity index (χ1v) is 16.3. The predicted molar refractivity (Wildman–Crippen MR) is 151 cm³/mol. The summed E-state index contributed by atoms with van der Waals surface area (Å²) in [5, 5.41) is 0. The second kappa shape index (κ2) is 22.8. The number of carbonyl (C=O) groups excluding carboxylic acids is 2. The van der Waals surface area contributed by atoms with Gasteiger partial charge in [0.15, 0.2) is 6.10 Å². The van der Waals surface area contributed by atoms with Crippen LogP contribution in [0, 0.1) is 0 Å². The summed E-state index contributed by atoms with van der Waals surface area (Å²) in [5.74, 6) is -0.816. The average molecular weight is 567 g/mol. The van der Waals surface area contributed by atoms with Gasteiger partial charge in [-0.3, -0.25) is 18.6 Å². The molecule has 0 saturated heterocycles. The van der Waals surface area contributed by atoms with Gasteiger partial charge in [-0.25, -0.2) is 4.57 Å². The van der Waals surface area contributed by atoms with Crippen LogP contribution in [0.25, 0.3) is 0 Å². The van der Waals surface area contributed by atoms with Gasteiger partial charge in [0, 0.05) is 12.8 Å². The predicted octanol–water partition coefficient (Wildman–Crippen LogP) is 6.56. The Morgan fingerprint density at radius 3 is 1.68 bits per heavy atom. The molecule has 0 fully saturated rings. The molecule has 1 N–H and O–H groups in total. The largest absolute Gasteiger partial charge is 0.472 e. The number of quaternary nitrogens is 1. The Labute approximate surface area is 232 Å². The fraction of sp³-hybridized carbons (Fsp3) is 0.929. The number of nitrogens with zero attached hydrogens (tertiary/aromatic N) is 1. The highest BCUT2D eigenvalue weighted by molar-refractivity contribution is 7.47. The molecule has 0 spiro atoms. The number of rotatable bonds is 26. The molecule has 0 amide bonds. The van der Waals surface area contributed by atoms with Gasteiger partial charge >= 0.3 is 19.8 Å². The standard InChI is InChI=1S/C28H56NO8P/c1-6-8-10-12-13-14-15-17-19-21-28(31)37-26(24-34-27(30)20-18-16-11-9-7-2)25-36-38(32,33)35-23-22-29(3,4)5/h26H,6-25H2,1-5H3/p+1/t26-/m1/s1. The summed E-state index contributed by atoms with van der Waals surface area (Å²) in [6.45, 7) is 4.27. The number of unbranched alkanes of at least 4 members (excludes halogenated alkanes) is 12. The third-order valence-corrected chi connectivity index (χ3v) is 7.12. The van der Waals surface area contributed by atoms with Crippen molar-refractivity contribution in [3.8, 4) is 0 Å². The molecule has 9 nitrogen and oxygen atoms in total. The Kier molecular flexibility index (Phi) is 22.2. The molecule has 2 atom stereocenters. The number of phosphoric ester groups is 1. The number of esters is 2. The number of hydrogen-bond donors (Lipinski definition) is 1. The highest BCUT2D eigenvalue weighted by atomic mass is 31.2. The second-order valence-corrected chi connectivity index (χ2v) is 12.6. The van der Waals surface area contributed by atoms with Crippen molar-refractivity contribution in [1.29, 1.82) is 0 Å². The van der Waals surface area contributed by atoms with Crippen LogP contribution in [-0.2, 0) is 32.7 Å². The van der Waals surface area contributed by atoms with E-state index < -0.39 is 26.5 Å². The summed E-state index contributed by atoms with van der Waals surface area (Å²) in [6, 6.07) is 0. The average Bonchev–Trinajstić information content (AvgIpc) is 2.83. The highest BCUT2D eigenvalue weighted by Crippen LogP contribution is 2.43. The van der Waals surface area contributed by atoms with E-state index >= 15 is 0 Å². The zero-order valence-corrected chi connectivity index (χ0v) is 25.8. The van der Waals surface area contributed by atoms with Gasteiger partial charge in [0.25, 0.3) is 0 Å². The molecule has 0 aromatic rings. The zero-order chi connectivity index (χ0) is 28.7. The smallest absolute Gasteiger partial charge is 0.462 e. The molecule has 226 valence electrons. The molecular weight excluding hydrogens is 509 g/mol. The topological polar surface area (TPSA) is 108 Å². The maximum atomic E-state index is 12.4. The molecule has 0 aliphatic rings. The fourth-order valence-corrected chi connectivity index (χ4v) is 4.46. The van der Waals surface area contributed by atoms with Crippen molar-refractivity contribution in [2.24, 2.45) is 0 Å². The summed E-state index contributed by atoms with van der Waals surface area (Å²) in [4.78, 5) is 34.5. The molecule has 0 aromatic heterocycles. The van der Waals surface area contributed by atoms with Gasteiger partial charge in [0.1, 0.15) is 19.8 Å². The summed E-state index contributed by atoms with van der Waals surface area (Å²) in [7, 11) is 1.48. The van der Waals surface area contributed by atoms with Crippen LogP contribution in [0.2, 0.25) is 0 Å². The number of carbonyl (C=O) groups is 2. The fourth-order valence-electron chi connectivity index (χ4n) is 3.72. The van der Waals surface area contributed by atoms with E-state index in [4.69, 9.17) is 18.5 Å². The van der Waals surface area contributed by atoms with E-state index in [1.54, 1.807) is 0 Å². The van der Waals surface area contributed by atoms with Crippen molar-refractivity contribution in [3.63, 3.8) is 0 Å². The second-order valence-electron chi connectivity index (χ2n) is 11.1. The van der Waals surface area contributed by atoms with Gasteiger partial charge in [-0.1, -0.05) is 90.9 Å². The SMILES string of the molecule is CCCCCCCCCCCC(=O)O[C@H](COC(=O)CCCCCCC)COP(=O)(O)OCC[N+](C)(C)C. The zero-order valence-electron chi connectivity index (χ0n) is 24.9. The molecule has 10 heteroatoms. The number of phosphoric acid groups is 1. The van der Waals surface area contributed by atoms with Crippen LogP contribution in [0.4, 0.5) is 0 Å². The van der Waals surface area contributed by atoms with Gasteiger partial charge < -0.3 is 18.9 Å². The lowest BCUT2D eigenvalue weighted by Gasteiger charge is -2.24. The maximum Gasteiger partial charge on any atom is 0.472 e. The summed E-state index contributed by atoms with van der Waals surface area (Å²) in [6.07, 6.45) is 14.8. The lowest BCUT2D eigenvalue weighted by molar-refractivity contribution is -0.870. The van der Waals surface area contributed by atoms with Crippen molar-refractivity contribution in [3.05, 3.63) is 0 Å². The quantitative estimate of drug-likeness (QED) is 0.0543. The Morgan fingerprint density at radius 2 is 1.18 bits per heavy atom. The van der Waals surface area contributed by atoms with Crippen molar-refractivity contribution >= 4 is 19.8 Å². The molecule has 0 saturated carbocycles. The van der Waals surface area contributed by atoms with Crippen LogP contribution in [0.15, 0.2) is 0 Å². The highest BCUT2D eigenvalue weighted by Gasteiger charge is 2.27. The normalized spacial score (nSPS) is 14.2. The van der Waals surface area contributed by atoms with E-state index in [0.717, 1.165) is 44.9 Å². The van der Waals surface area contributed by atoms with Crippen LogP contribution in [0.3, 0.4) is 0 Å². The van der Waals surface area contributed by atoms with E-state index in [1.807, 2.05) is 21.1 Å². The van der Waals surface area contributed by atoms with Crippen LogP contribution in [0.1, 0.15) is 117 Å². The lowest BCUT2D eigenvalue weighted by Crippen LogP contribution is -2.37. The molecule has 0 rings (SSSR count). The van der Waals surface area contributed by atoms with Crippen molar-refractivity contribution in [2.45, 2.75) is 123 Å². The van der Waals surface area contributed by atoms with Gasteiger partial charge in [0.2, 0.25) is 0 Å². The Balaban J connectivity index is 4.55. The van der Waals surface area contributed by atoms with Crippen LogP contribution in [-0.4, -0.2) is 74.9 Å². The van der Waals surface area contributed by atoms with Crippen molar-refractivity contribution in [1.82, 2.24) is 0 Å². The summed E-state index contributed by atoms with van der Waals surface area (Å²) < 4.78 is 33.7. The van der Waals surface area contributed by atoms with Crippen LogP contribution in [0.5, 0.6) is 0 Å². The Bertz CT molecular complexity index is 653. The molecule has 0 aromatic carbocycles. The van der Waals surface area contributed by atoms with Crippen molar-refractivity contribution < 1.29 is 42.1 Å². The monoisotopic (exact) mass is 566 g/mol. The molecule has 38 heavy (non-hydrogen) atoms. The van der Waals surface area contributed by atoms with Gasteiger partial charge in [-0.2, -0.15) is 0 Å². The van der Waals surface area contributed by atoms with Gasteiger partial charge in [-0.15, -0.1) is 0 Å². The van der Waals surface area contributed by atoms with E-state index in [1.165, 1.54) is 38.5 Å². The Hall–Kier alpha value is -0.990. The number of ether oxygens (including phenoxy) is 2. The first kappa shape index (κ1) is 37.0. The third-order valence-electron chi connectivity index (χ3n) is 6.14. The molecule has 0 aliphatic heterocycles. The lowest BCUT2D eigenvalue weighted by atomic mass is 10.1. The minimum absolute atomic E-state index is 0.0351. The molecule has 1 unspecified atom stereocenters. The molecular formula is C28H57NO8P+. The number of likely N-dealkylation sites (N-methyl/N-ethyl adjacent to an activating group) is 1. The van der Waals surface area contributed by atoms with E-state index in [9.17, 15) is 19.0 Å². The van der Waals surface area contributed by atoms with E-state index in [-0.39, 0.29) is 32.0 Å². The van der Waals surface area contributed by atoms with Crippen molar-refractivity contribution in [2.75, 3.05) is 47.5 Å². The third kappa shape index (κ3) is 25.3. The van der Waals surface area contributed by atoms with Crippen LogP contribution >= 0.6 is 7.82 Å². The Morgan fingerprint density at radius 1 is 0.711 bits per heavy atom. The molecule has 0 aliphatic carbocycles. The number of hydrogen-bond acceptors (Lipinski definition) is 7. The molecule has 0 radical (unpaired) electrons. The van der Waals surface area contributed by atoms with Gasteiger partial charge in [0.05, 0.1) is 27.7 Å². The van der Waals surface area contributed by atoms with E-state index in [2.05, 4.69) is 13.8 Å². The molecule has 0 heterocycles. The molecule has 0 bridgehead atoms.